The van der Waals surface area contributed by atoms with E-state index in [1.165, 1.54) is 17.8 Å². The van der Waals surface area contributed by atoms with E-state index in [1.807, 2.05) is 20.9 Å². The molecule has 0 spiro atoms. The third-order valence-electron chi connectivity index (χ3n) is 4.01. The van der Waals surface area contributed by atoms with Crippen LogP contribution < -0.4 is 5.43 Å². The van der Waals surface area contributed by atoms with Crippen molar-refractivity contribution < 1.29 is 4.79 Å². The van der Waals surface area contributed by atoms with Crippen molar-refractivity contribution in [1.82, 2.24) is 9.47 Å². The highest BCUT2D eigenvalue weighted by Crippen LogP contribution is 2.19. The summed E-state index contributed by atoms with van der Waals surface area (Å²) in [4.78, 5) is 26.2. The van der Waals surface area contributed by atoms with Gasteiger partial charge >= 0.3 is 0 Å². The molecule has 2 aromatic rings. The van der Waals surface area contributed by atoms with Gasteiger partial charge in [0.05, 0.1) is 10.2 Å². The molecule has 1 saturated heterocycles. The molecule has 106 valence electrons. The number of thiophene rings is 1. The van der Waals surface area contributed by atoms with Gasteiger partial charge in [-0.15, -0.1) is 11.3 Å². The first-order valence-corrected chi connectivity index (χ1v) is 7.91. The second-order valence-corrected chi connectivity index (χ2v) is 6.29. The molecule has 0 aliphatic carbocycles. The van der Waals surface area contributed by atoms with Crippen molar-refractivity contribution in [2.45, 2.75) is 38.8 Å². The summed E-state index contributed by atoms with van der Waals surface area (Å²) in [5.74, 6) is 0.147. The lowest BCUT2D eigenvalue weighted by atomic mass is 10.0. The van der Waals surface area contributed by atoms with E-state index in [0.29, 0.717) is 12.6 Å². The van der Waals surface area contributed by atoms with E-state index in [2.05, 4.69) is 6.92 Å². The molecule has 0 bridgehead atoms. The SMILES string of the molecule is CC1CCCCN1C(=O)Cn1ccc(=O)c2sccc21. The second kappa shape index (κ2) is 5.40. The van der Waals surface area contributed by atoms with Crippen molar-refractivity contribution in [3.8, 4) is 0 Å². The molecule has 1 unspecified atom stereocenters. The number of carbonyl (C=O) groups excluding carboxylic acids is 1. The molecule has 3 heterocycles. The number of nitrogens with zero attached hydrogens (tertiary/aromatic N) is 2. The molecule has 0 N–H and O–H groups in total. The van der Waals surface area contributed by atoms with E-state index in [4.69, 9.17) is 0 Å². The summed E-state index contributed by atoms with van der Waals surface area (Å²) in [6.45, 7) is 3.29. The molecule has 1 fully saturated rings. The molecule has 1 amide bonds. The average Bonchev–Trinajstić information content (AvgIpc) is 2.93. The molecule has 0 saturated carbocycles. The third kappa shape index (κ3) is 2.38. The van der Waals surface area contributed by atoms with Crippen LogP contribution in [0, 0.1) is 0 Å². The van der Waals surface area contributed by atoms with E-state index in [0.717, 1.165) is 29.6 Å². The van der Waals surface area contributed by atoms with Gasteiger partial charge in [-0.05, 0) is 37.6 Å². The molecule has 5 heteroatoms. The molecule has 4 nitrogen and oxygen atoms in total. The summed E-state index contributed by atoms with van der Waals surface area (Å²) >= 11 is 1.43. The smallest absolute Gasteiger partial charge is 0.242 e. The summed E-state index contributed by atoms with van der Waals surface area (Å²) in [7, 11) is 0. The number of pyridine rings is 1. The number of rotatable bonds is 2. The highest BCUT2D eigenvalue weighted by molar-refractivity contribution is 7.17. The fourth-order valence-corrected chi connectivity index (χ4v) is 3.69. The summed E-state index contributed by atoms with van der Waals surface area (Å²) < 4.78 is 2.61. The predicted molar refractivity (Wildman–Crippen MR) is 81.1 cm³/mol. The topological polar surface area (TPSA) is 42.3 Å². The first kappa shape index (κ1) is 13.4. The lowest BCUT2D eigenvalue weighted by molar-refractivity contribution is -0.135. The minimum Gasteiger partial charge on any atom is -0.338 e. The molecule has 0 aromatic carbocycles. The minimum absolute atomic E-state index is 0.0324. The number of likely N-dealkylation sites (tertiary alicyclic amines) is 1. The zero-order chi connectivity index (χ0) is 14.1. The Morgan fingerprint density at radius 1 is 1.40 bits per heavy atom. The van der Waals surface area contributed by atoms with Crippen LogP contribution in [-0.2, 0) is 11.3 Å². The molecule has 3 rings (SSSR count). The zero-order valence-electron chi connectivity index (χ0n) is 11.5. The van der Waals surface area contributed by atoms with Crippen LogP contribution in [0.2, 0.25) is 0 Å². The third-order valence-corrected chi connectivity index (χ3v) is 4.93. The number of hydrogen-bond acceptors (Lipinski definition) is 3. The van der Waals surface area contributed by atoms with Crippen LogP contribution in [0.1, 0.15) is 26.2 Å². The molecule has 20 heavy (non-hydrogen) atoms. The van der Waals surface area contributed by atoms with Crippen molar-refractivity contribution in [2.75, 3.05) is 6.54 Å². The molecular formula is C15H18N2O2S. The molecule has 1 atom stereocenters. The van der Waals surface area contributed by atoms with Gasteiger partial charge < -0.3 is 9.47 Å². The van der Waals surface area contributed by atoms with E-state index in [9.17, 15) is 9.59 Å². The van der Waals surface area contributed by atoms with Crippen molar-refractivity contribution >= 4 is 27.5 Å². The Morgan fingerprint density at radius 2 is 2.25 bits per heavy atom. The number of aromatic nitrogens is 1. The van der Waals surface area contributed by atoms with E-state index in [-0.39, 0.29) is 11.3 Å². The molecule has 1 aliphatic heterocycles. The van der Waals surface area contributed by atoms with E-state index >= 15 is 0 Å². The maximum absolute atomic E-state index is 12.5. The minimum atomic E-state index is 0.0324. The highest BCUT2D eigenvalue weighted by Gasteiger charge is 2.23. The van der Waals surface area contributed by atoms with Crippen LogP contribution in [0.4, 0.5) is 0 Å². The lowest BCUT2D eigenvalue weighted by Gasteiger charge is -2.33. The quantitative estimate of drug-likeness (QED) is 0.852. The van der Waals surface area contributed by atoms with Crippen molar-refractivity contribution in [2.24, 2.45) is 0 Å². The van der Waals surface area contributed by atoms with Crippen LogP contribution in [0.5, 0.6) is 0 Å². The number of carbonyl (C=O) groups is 1. The van der Waals surface area contributed by atoms with Gasteiger partial charge in [0.1, 0.15) is 6.54 Å². The average molecular weight is 290 g/mol. The molecule has 2 aromatic heterocycles. The molecular weight excluding hydrogens is 272 g/mol. The van der Waals surface area contributed by atoms with Crippen LogP contribution in [0.3, 0.4) is 0 Å². The Labute approximate surface area is 121 Å². The maximum Gasteiger partial charge on any atom is 0.242 e. The van der Waals surface area contributed by atoms with Gasteiger partial charge in [-0.1, -0.05) is 0 Å². The van der Waals surface area contributed by atoms with Gasteiger partial charge in [-0.25, -0.2) is 0 Å². The van der Waals surface area contributed by atoms with E-state index < -0.39 is 0 Å². The second-order valence-electron chi connectivity index (χ2n) is 5.37. The fraction of sp³-hybridized carbons (Fsp3) is 0.467. The van der Waals surface area contributed by atoms with Crippen LogP contribution in [0.15, 0.2) is 28.5 Å². The van der Waals surface area contributed by atoms with Crippen LogP contribution >= 0.6 is 11.3 Å². The number of amides is 1. The van der Waals surface area contributed by atoms with E-state index in [1.54, 1.807) is 12.3 Å². The Morgan fingerprint density at radius 3 is 3.05 bits per heavy atom. The number of piperidine rings is 1. The number of hydrogen-bond donors (Lipinski definition) is 0. The lowest BCUT2D eigenvalue weighted by Crippen LogP contribution is -2.43. The standard InChI is InChI=1S/C15H18N2O2S/c1-11-4-2-3-7-17(11)14(19)10-16-8-5-13(18)15-12(16)6-9-20-15/h5-6,8-9,11H,2-4,7,10H2,1H3. The summed E-state index contributed by atoms with van der Waals surface area (Å²) in [6, 6.07) is 3.79. The summed E-state index contributed by atoms with van der Waals surface area (Å²) in [5, 5.41) is 1.90. The van der Waals surface area contributed by atoms with Gasteiger partial charge in [-0.2, -0.15) is 0 Å². The summed E-state index contributed by atoms with van der Waals surface area (Å²) in [6.07, 6.45) is 5.11. The first-order valence-electron chi connectivity index (χ1n) is 7.03. The fourth-order valence-electron chi connectivity index (χ4n) is 2.87. The predicted octanol–water partition coefficient (Wildman–Crippen LogP) is 2.46. The molecule has 0 radical (unpaired) electrons. The Kier molecular flexibility index (Phi) is 3.61. The first-order chi connectivity index (χ1) is 9.66. The monoisotopic (exact) mass is 290 g/mol. The Hall–Kier alpha value is -1.62. The number of fused-ring (bicyclic) bond motifs is 1. The van der Waals surface area contributed by atoms with Crippen molar-refractivity contribution in [3.63, 3.8) is 0 Å². The Bertz CT molecular complexity index is 688. The highest BCUT2D eigenvalue weighted by atomic mass is 32.1. The normalized spacial score (nSPS) is 19.4. The van der Waals surface area contributed by atoms with Gasteiger partial charge in [0.15, 0.2) is 5.43 Å². The van der Waals surface area contributed by atoms with Gasteiger partial charge in [0, 0.05) is 24.8 Å². The van der Waals surface area contributed by atoms with Gasteiger partial charge in [-0.3, -0.25) is 9.59 Å². The Balaban J connectivity index is 1.86. The van der Waals surface area contributed by atoms with Gasteiger partial charge in [0.2, 0.25) is 5.91 Å². The largest absolute Gasteiger partial charge is 0.338 e. The maximum atomic E-state index is 12.5. The molecule has 1 aliphatic rings. The van der Waals surface area contributed by atoms with Crippen LogP contribution in [-0.4, -0.2) is 28.0 Å². The van der Waals surface area contributed by atoms with Crippen molar-refractivity contribution in [3.05, 3.63) is 33.9 Å². The summed E-state index contributed by atoms with van der Waals surface area (Å²) in [5.41, 5.74) is 0.894. The van der Waals surface area contributed by atoms with Crippen LogP contribution in [0.25, 0.3) is 10.2 Å². The zero-order valence-corrected chi connectivity index (χ0v) is 12.4. The van der Waals surface area contributed by atoms with Crippen molar-refractivity contribution in [1.29, 1.82) is 0 Å². The van der Waals surface area contributed by atoms with Gasteiger partial charge in [0.25, 0.3) is 0 Å².